The molecule has 1 unspecified atom stereocenters. The van der Waals surface area contributed by atoms with E-state index < -0.39 is 28.6 Å². The number of non-ortho nitro benzene ring substituents is 1. The van der Waals surface area contributed by atoms with E-state index >= 15 is 0 Å². The number of thioether (sulfide) groups is 1. The number of nitro groups is 1. The van der Waals surface area contributed by atoms with Gasteiger partial charge in [0.05, 0.1) is 4.92 Å². The van der Waals surface area contributed by atoms with Gasteiger partial charge in [-0.25, -0.2) is 4.79 Å². The van der Waals surface area contributed by atoms with Gasteiger partial charge in [0.25, 0.3) is 5.69 Å². The van der Waals surface area contributed by atoms with Crippen molar-refractivity contribution in [3.63, 3.8) is 0 Å². The lowest BCUT2D eigenvalue weighted by Crippen LogP contribution is -2.47. The van der Waals surface area contributed by atoms with Crippen molar-refractivity contribution in [1.82, 2.24) is 5.32 Å². The predicted molar refractivity (Wildman–Crippen MR) is 117 cm³/mol. The fraction of sp³-hybridized carbons (Fsp3) is 0.333. The second kappa shape index (κ2) is 10.6. The van der Waals surface area contributed by atoms with Crippen LogP contribution in [0.2, 0.25) is 0 Å². The van der Waals surface area contributed by atoms with Crippen molar-refractivity contribution < 1.29 is 19.2 Å². The molecule has 30 heavy (non-hydrogen) atoms. The number of alkyl carbamates (subject to hydrolysis) is 1. The van der Waals surface area contributed by atoms with Gasteiger partial charge < -0.3 is 15.4 Å². The summed E-state index contributed by atoms with van der Waals surface area (Å²) in [6.45, 7) is 5.22. The standard InChI is InChI=1S/C21H25N3O5S/c1-21(2,3)29-20(26)23-18(14-30-13-15-7-5-4-6-8-15)19(25)22-16-9-11-17(12-10-16)24(27)28/h4-12,18H,13-14H2,1-3H3,(H,22,25)(H,23,26). The molecule has 0 saturated carbocycles. The minimum atomic E-state index is -0.844. The SMILES string of the molecule is CC(C)(C)OC(=O)NC(CSCc1ccccc1)C(=O)Nc1ccc([N+](=O)[O-])cc1. The van der Waals surface area contributed by atoms with E-state index in [4.69, 9.17) is 4.74 Å². The number of hydrogen-bond donors (Lipinski definition) is 2. The number of nitrogens with zero attached hydrogens (tertiary/aromatic N) is 1. The lowest BCUT2D eigenvalue weighted by Gasteiger charge is -2.23. The van der Waals surface area contributed by atoms with E-state index in [-0.39, 0.29) is 5.69 Å². The summed E-state index contributed by atoms with van der Waals surface area (Å²) in [4.78, 5) is 35.2. The van der Waals surface area contributed by atoms with Crippen LogP contribution in [0, 0.1) is 10.1 Å². The highest BCUT2D eigenvalue weighted by Gasteiger charge is 2.24. The monoisotopic (exact) mass is 431 g/mol. The second-order valence-electron chi connectivity index (χ2n) is 7.49. The Bertz CT molecular complexity index is 866. The Morgan fingerprint density at radius 2 is 1.73 bits per heavy atom. The smallest absolute Gasteiger partial charge is 0.408 e. The summed E-state index contributed by atoms with van der Waals surface area (Å²) in [6, 6.07) is 14.4. The second-order valence-corrected chi connectivity index (χ2v) is 8.52. The first-order valence-electron chi connectivity index (χ1n) is 9.30. The zero-order valence-corrected chi connectivity index (χ0v) is 17.9. The number of hydrogen-bond acceptors (Lipinski definition) is 6. The lowest BCUT2D eigenvalue weighted by molar-refractivity contribution is -0.384. The van der Waals surface area contributed by atoms with Crippen LogP contribution >= 0.6 is 11.8 Å². The highest BCUT2D eigenvalue weighted by molar-refractivity contribution is 7.98. The van der Waals surface area contributed by atoms with Gasteiger partial charge in [-0.05, 0) is 38.5 Å². The fourth-order valence-electron chi connectivity index (χ4n) is 2.40. The van der Waals surface area contributed by atoms with Crippen molar-refractivity contribution in [2.45, 2.75) is 38.2 Å². The van der Waals surface area contributed by atoms with Crippen LogP contribution in [0.1, 0.15) is 26.3 Å². The molecule has 2 aromatic carbocycles. The molecule has 0 aromatic heterocycles. The summed E-state index contributed by atoms with van der Waals surface area (Å²) >= 11 is 1.50. The topological polar surface area (TPSA) is 111 Å². The van der Waals surface area contributed by atoms with Gasteiger partial charge in [0, 0.05) is 29.3 Å². The first-order valence-corrected chi connectivity index (χ1v) is 10.5. The molecule has 1 atom stereocenters. The molecule has 8 nitrogen and oxygen atoms in total. The van der Waals surface area contributed by atoms with Crippen LogP contribution in [0.25, 0.3) is 0 Å². The van der Waals surface area contributed by atoms with E-state index in [0.717, 1.165) is 5.56 Å². The zero-order valence-electron chi connectivity index (χ0n) is 17.1. The van der Waals surface area contributed by atoms with E-state index in [2.05, 4.69) is 10.6 Å². The van der Waals surface area contributed by atoms with Crippen molar-refractivity contribution in [3.05, 3.63) is 70.3 Å². The molecule has 2 N–H and O–H groups in total. The van der Waals surface area contributed by atoms with Crippen LogP contribution < -0.4 is 10.6 Å². The summed E-state index contributed by atoms with van der Waals surface area (Å²) in [6.07, 6.45) is -0.688. The largest absolute Gasteiger partial charge is 0.444 e. The van der Waals surface area contributed by atoms with Gasteiger partial charge in [-0.3, -0.25) is 14.9 Å². The molecular weight excluding hydrogens is 406 g/mol. The van der Waals surface area contributed by atoms with Gasteiger partial charge in [-0.1, -0.05) is 30.3 Å². The Balaban J connectivity index is 2.03. The van der Waals surface area contributed by atoms with Crippen LogP contribution in [0.3, 0.4) is 0 Å². The first kappa shape index (κ1) is 23.2. The normalized spacial score (nSPS) is 12.0. The van der Waals surface area contributed by atoms with E-state index in [1.165, 1.54) is 36.0 Å². The Hall–Kier alpha value is -3.07. The number of benzene rings is 2. The molecule has 0 heterocycles. The maximum Gasteiger partial charge on any atom is 0.408 e. The third-order valence-corrected chi connectivity index (χ3v) is 4.86. The van der Waals surface area contributed by atoms with Crippen LogP contribution in [0.4, 0.5) is 16.2 Å². The summed E-state index contributed by atoms with van der Waals surface area (Å²) in [5, 5.41) is 16.1. The molecule has 0 bridgehead atoms. The minimum absolute atomic E-state index is 0.0742. The maximum atomic E-state index is 12.7. The van der Waals surface area contributed by atoms with E-state index in [0.29, 0.717) is 17.2 Å². The van der Waals surface area contributed by atoms with Crippen molar-refractivity contribution in [3.8, 4) is 0 Å². The Morgan fingerprint density at radius 3 is 2.30 bits per heavy atom. The van der Waals surface area contributed by atoms with Crippen molar-refractivity contribution in [2.24, 2.45) is 0 Å². The van der Waals surface area contributed by atoms with Crippen LogP contribution in [0.5, 0.6) is 0 Å². The Labute approximate surface area is 179 Å². The van der Waals surface area contributed by atoms with Gasteiger partial charge in [0.15, 0.2) is 0 Å². The number of ether oxygens (including phenoxy) is 1. The highest BCUT2D eigenvalue weighted by atomic mass is 32.2. The summed E-state index contributed by atoms with van der Waals surface area (Å²) in [7, 11) is 0. The molecule has 9 heteroatoms. The minimum Gasteiger partial charge on any atom is -0.444 e. The van der Waals surface area contributed by atoms with Crippen molar-refractivity contribution in [1.29, 1.82) is 0 Å². The average Bonchev–Trinajstić information content (AvgIpc) is 2.67. The number of rotatable bonds is 8. The number of carbonyl (C=O) groups is 2. The molecule has 0 spiro atoms. The third-order valence-electron chi connectivity index (χ3n) is 3.75. The van der Waals surface area contributed by atoms with Gasteiger partial charge in [0.2, 0.25) is 5.91 Å². The van der Waals surface area contributed by atoms with Crippen molar-refractivity contribution >= 4 is 35.1 Å². The predicted octanol–water partition coefficient (Wildman–Crippen LogP) is 4.36. The Morgan fingerprint density at radius 1 is 1.10 bits per heavy atom. The number of amides is 2. The lowest BCUT2D eigenvalue weighted by atomic mass is 10.2. The number of nitrogens with one attached hydrogen (secondary N) is 2. The van der Waals surface area contributed by atoms with Crippen molar-refractivity contribution in [2.75, 3.05) is 11.1 Å². The van der Waals surface area contributed by atoms with Crippen LogP contribution in [-0.2, 0) is 15.3 Å². The van der Waals surface area contributed by atoms with Crippen LogP contribution in [-0.4, -0.2) is 34.3 Å². The number of nitro benzene ring substituents is 1. The molecular formula is C21H25N3O5S. The maximum absolute atomic E-state index is 12.7. The average molecular weight is 432 g/mol. The zero-order chi connectivity index (χ0) is 22.1. The van der Waals surface area contributed by atoms with Gasteiger partial charge in [0.1, 0.15) is 11.6 Å². The number of anilines is 1. The fourth-order valence-corrected chi connectivity index (χ4v) is 3.41. The molecule has 0 aliphatic heterocycles. The Kier molecular flexibility index (Phi) is 8.23. The summed E-state index contributed by atoms with van der Waals surface area (Å²) in [5.41, 5.74) is 0.736. The molecule has 0 aliphatic rings. The third kappa shape index (κ3) is 8.12. The molecule has 2 rings (SSSR count). The van der Waals surface area contributed by atoms with Gasteiger partial charge in [-0.15, -0.1) is 0 Å². The molecule has 2 aromatic rings. The highest BCUT2D eigenvalue weighted by Crippen LogP contribution is 2.17. The number of carbonyl (C=O) groups excluding carboxylic acids is 2. The summed E-state index contributed by atoms with van der Waals surface area (Å²) < 4.78 is 5.26. The molecule has 0 aliphatic carbocycles. The van der Waals surface area contributed by atoms with E-state index in [1.54, 1.807) is 20.8 Å². The molecule has 0 radical (unpaired) electrons. The van der Waals surface area contributed by atoms with Gasteiger partial charge in [-0.2, -0.15) is 11.8 Å². The molecule has 0 saturated heterocycles. The van der Waals surface area contributed by atoms with E-state index in [9.17, 15) is 19.7 Å². The first-order chi connectivity index (χ1) is 14.1. The molecule has 2 amide bonds. The molecule has 160 valence electrons. The van der Waals surface area contributed by atoms with Crippen LogP contribution in [0.15, 0.2) is 54.6 Å². The van der Waals surface area contributed by atoms with E-state index in [1.807, 2.05) is 30.3 Å². The van der Waals surface area contributed by atoms with Gasteiger partial charge >= 0.3 is 6.09 Å². The molecule has 0 fully saturated rings. The quantitative estimate of drug-likeness (QED) is 0.475. The summed E-state index contributed by atoms with van der Waals surface area (Å²) in [5.74, 6) is 0.570.